The molecule has 27 heavy (non-hydrogen) atoms. The van der Waals surface area contributed by atoms with Crippen molar-refractivity contribution in [3.63, 3.8) is 0 Å². The Balaban J connectivity index is 1.81. The summed E-state index contributed by atoms with van der Waals surface area (Å²) in [4.78, 5) is 37.4. The number of carbonyl (C=O) groups is 3. The molecule has 7 heteroatoms. The summed E-state index contributed by atoms with van der Waals surface area (Å²) < 4.78 is 5.10. The predicted molar refractivity (Wildman–Crippen MR) is 106 cm³/mol. The van der Waals surface area contributed by atoms with Crippen LogP contribution in [0.4, 0.5) is 5.69 Å². The Hall–Kier alpha value is -2.93. The number of hydrogen-bond acceptors (Lipinski definition) is 5. The predicted octanol–water partition coefficient (Wildman–Crippen LogP) is 3.10. The van der Waals surface area contributed by atoms with Gasteiger partial charge in [-0.2, -0.15) is 11.3 Å². The van der Waals surface area contributed by atoms with Crippen molar-refractivity contribution in [2.45, 2.75) is 20.0 Å². The monoisotopic (exact) mass is 386 g/mol. The van der Waals surface area contributed by atoms with E-state index in [2.05, 4.69) is 5.32 Å². The van der Waals surface area contributed by atoms with Gasteiger partial charge in [-0.05, 0) is 54.4 Å². The van der Waals surface area contributed by atoms with Gasteiger partial charge in [-0.25, -0.2) is 4.79 Å². The van der Waals surface area contributed by atoms with Gasteiger partial charge >= 0.3 is 5.97 Å². The van der Waals surface area contributed by atoms with Crippen LogP contribution in [0.15, 0.2) is 47.2 Å². The number of thiophene rings is 1. The lowest BCUT2D eigenvalue weighted by Crippen LogP contribution is -2.41. The van der Waals surface area contributed by atoms with E-state index in [0.717, 1.165) is 11.1 Å². The van der Waals surface area contributed by atoms with Crippen LogP contribution >= 0.6 is 11.3 Å². The van der Waals surface area contributed by atoms with Gasteiger partial charge in [-0.15, -0.1) is 0 Å². The maximum absolute atomic E-state index is 12.3. The fourth-order valence-corrected chi connectivity index (χ4v) is 2.87. The van der Waals surface area contributed by atoms with Crippen molar-refractivity contribution in [2.24, 2.45) is 0 Å². The SMILES string of the molecule is Cc1ccc(NC(=O)CN(C)C(=O)[C@@H](C)OC(=O)/C=C/c2ccsc2)cc1. The van der Waals surface area contributed by atoms with Crippen LogP contribution in [0.1, 0.15) is 18.1 Å². The number of nitrogens with one attached hydrogen (secondary N) is 1. The first-order valence-corrected chi connectivity index (χ1v) is 9.32. The first-order valence-electron chi connectivity index (χ1n) is 8.37. The maximum Gasteiger partial charge on any atom is 0.331 e. The lowest BCUT2D eigenvalue weighted by Gasteiger charge is -2.20. The highest BCUT2D eigenvalue weighted by molar-refractivity contribution is 7.08. The lowest BCUT2D eigenvalue weighted by atomic mass is 10.2. The zero-order valence-corrected chi connectivity index (χ0v) is 16.3. The Bertz CT molecular complexity index is 813. The highest BCUT2D eigenvalue weighted by Gasteiger charge is 2.22. The van der Waals surface area contributed by atoms with Gasteiger partial charge in [0.15, 0.2) is 6.10 Å². The zero-order valence-electron chi connectivity index (χ0n) is 15.5. The molecule has 2 rings (SSSR count). The van der Waals surface area contributed by atoms with Gasteiger partial charge in [-0.3, -0.25) is 9.59 Å². The number of anilines is 1. The third kappa shape index (κ3) is 6.71. The van der Waals surface area contributed by atoms with E-state index in [-0.39, 0.29) is 12.5 Å². The van der Waals surface area contributed by atoms with Crippen molar-refractivity contribution in [1.29, 1.82) is 0 Å². The summed E-state index contributed by atoms with van der Waals surface area (Å²) in [6.45, 7) is 3.29. The van der Waals surface area contributed by atoms with Crippen LogP contribution in [0.25, 0.3) is 6.08 Å². The molecular formula is C20H22N2O4S. The number of rotatable bonds is 7. The quantitative estimate of drug-likeness (QED) is 0.586. The van der Waals surface area contributed by atoms with E-state index in [1.807, 2.05) is 35.9 Å². The Morgan fingerprint density at radius 3 is 2.56 bits per heavy atom. The molecule has 0 bridgehead atoms. The molecule has 1 atom stereocenters. The highest BCUT2D eigenvalue weighted by atomic mass is 32.1. The van der Waals surface area contributed by atoms with E-state index >= 15 is 0 Å². The third-order valence-electron chi connectivity index (χ3n) is 3.69. The number of carbonyl (C=O) groups excluding carboxylic acids is 3. The highest BCUT2D eigenvalue weighted by Crippen LogP contribution is 2.09. The molecule has 6 nitrogen and oxygen atoms in total. The molecule has 1 N–H and O–H groups in total. The summed E-state index contributed by atoms with van der Waals surface area (Å²) in [7, 11) is 1.49. The van der Waals surface area contributed by atoms with Crippen LogP contribution in [-0.2, 0) is 19.1 Å². The number of aryl methyl sites for hydroxylation is 1. The van der Waals surface area contributed by atoms with E-state index in [0.29, 0.717) is 5.69 Å². The number of ether oxygens (including phenoxy) is 1. The van der Waals surface area contributed by atoms with Crippen LogP contribution in [-0.4, -0.2) is 42.4 Å². The molecule has 0 aliphatic carbocycles. The molecule has 0 aliphatic rings. The minimum atomic E-state index is -0.984. The summed E-state index contributed by atoms with van der Waals surface area (Å²) >= 11 is 1.52. The van der Waals surface area contributed by atoms with E-state index in [1.165, 1.54) is 36.3 Å². The van der Waals surface area contributed by atoms with E-state index < -0.39 is 18.0 Å². The van der Waals surface area contributed by atoms with Gasteiger partial charge in [0.05, 0.1) is 6.54 Å². The molecule has 1 aromatic heterocycles. The molecule has 0 spiro atoms. The molecule has 0 saturated heterocycles. The Kier molecular flexibility index (Phi) is 7.31. The van der Waals surface area contributed by atoms with Gasteiger partial charge in [0.2, 0.25) is 5.91 Å². The second-order valence-corrected chi connectivity index (χ2v) is 6.86. The zero-order chi connectivity index (χ0) is 19.8. The number of hydrogen-bond donors (Lipinski definition) is 1. The molecule has 0 radical (unpaired) electrons. The Morgan fingerprint density at radius 2 is 1.93 bits per heavy atom. The summed E-state index contributed by atoms with van der Waals surface area (Å²) in [6.07, 6.45) is 1.91. The van der Waals surface area contributed by atoms with E-state index in [4.69, 9.17) is 4.74 Å². The van der Waals surface area contributed by atoms with Crippen molar-refractivity contribution >= 4 is 40.9 Å². The molecule has 0 saturated carbocycles. The Labute approximate surface area is 162 Å². The normalized spacial score (nSPS) is 11.8. The minimum Gasteiger partial charge on any atom is -0.449 e. The number of esters is 1. The molecular weight excluding hydrogens is 364 g/mol. The van der Waals surface area contributed by atoms with E-state index in [9.17, 15) is 14.4 Å². The van der Waals surface area contributed by atoms with Crippen LogP contribution in [0.5, 0.6) is 0 Å². The average Bonchev–Trinajstić information content (AvgIpc) is 3.14. The Morgan fingerprint density at radius 1 is 1.22 bits per heavy atom. The largest absolute Gasteiger partial charge is 0.449 e. The van der Waals surface area contributed by atoms with Crippen LogP contribution in [0, 0.1) is 6.92 Å². The second kappa shape index (κ2) is 9.68. The maximum atomic E-state index is 12.3. The topological polar surface area (TPSA) is 75.7 Å². The first-order chi connectivity index (χ1) is 12.8. The number of likely N-dealkylation sites (N-methyl/N-ethyl adjacent to an activating group) is 1. The van der Waals surface area contributed by atoms with Crippen LogP contribution in [0.3, 0.4) is 0 Å². The van der Waals surface area contributed by atoms with Crippen molar-refractivity contribution in [3.05, 3.63) is 58.3 Å². The number of benzene rings is 1. The third-order valence-corrected chi connectivity index (χ3v) is 4.39. The molecule has 142 valence electrons. The summed E-state index contributed by atoms with van der Waals surface area (Å²) in [5.74, 6) is -1.39. The number of nitrogens with zero attached hydrogens (tertiary/aromatic N) is 1. The number of amides is 2. The van der Waals surface area contributed by atoms with Gasteiger partial charge < -0.3 is 15.0 Å². The van der Waals surface area contributed by atoms with Crippen LogP contribution in [0.2, 0.25) is 0 Å². The molecule has 2 amide bonds. The van der Waals surface area contributed by atoms with Gasteiger partial charge in [0.1, 0.15) is 0 Å². The molecule has 0 unspecified atom stereocenters. The van der Waals surface area contributed by atoms with Crippen molar-refractivity contribution < 1.29 is 19.1 Å². The smallest absolute Gasteiger partial charge is 0.331 e. The molecule has 0 fully saturated rings. The second-order valence-electron chi connectivity index (χ2n) is 6.08. The fourth-order valence-electron chi connectivity index (χ4n) is 2.24. The first kappa shape index (κ1) is 20.4. The van der Waals surface area contributed by atoms with Gasteiger partial charge in [0.25, 0.3) is 5.91 Å². The van der Waals surface area contributed by atoms with Crippen molar-refractivity contribution in [1.82, 2.24) is 4.90 Å². The molecule has 0 aliphatic heterocycles. The van der Waals surface area contributed by atoms with Gasteiger partial charge in [0, 0.05) is 18.8 Å². The molecule has 2 aromatic rings. The van der Waals surface area contributed by atoms with Gasteiger partial charge in [-0.1, -0.05) is 17.7 Å². The van der Waals surface area contributed by atoms with Crippen molar-refractivity contribution in [2.75, 3.05) is 18.9 Å². The fraction of sp³-hybridized carbons (Fsp3) is 0.250. The molecule has 1 aromatic carbocycles. The summed E-state index contributed by atoms with van der Waals surface area (Å²) in [5, 5.41) is 6.50. The lowest BCUT2D eigenvalue weighted by molar-refractivity contribution is -0.154. The average molecular weight is 386 g/mol. The summed E-state index contributed by atoms with van der Waals surface area (Å²) in [5.41, 5.74) is 2.63. The molecule has 1 heterocycles. The van der Waals surface area contributed by atoms with Crippen molar-refractivity contribution in [3.8, 4) is 0 Å². The van der Waals surface area contributed by atoms with E-state index in [1.54, 1.807) is 18.2 Å². The summed E-state index contributed by atoms with van der Waals surface area (Å²) in [6, 6.07) is 9.22. The van der Waals surface area contributed by atoms with Crippen LogP contribution < -0.4 is 5.32 Å². The minimum absolute atomic E-state index is 0.140. The standard InChI is InChI=1S/C20H22N2O4S/c1-14-4-7-17(8-5-14)21-18(23)12-22(3)20(25)15(2)26-19(24)9-6-16-10-11-27-13-16/h4-11,13,15H,12H2,1-3H3,(H,21,23)/b9-6+/t15-/m1/s1.